The van der Waals surface area contributed by atoms with Crippen LogP contribution in [0.4, 0.5) is 28.0 Å². The molecule has 11 amide bonds. The van der Waals surface area contributed by atoms with Crippen molar-refractivity contribution in [1.82, 2.24) is 61.7 Å². The number of carboxylic acid groups (broad SMARTS) is 1. The maximum Gasteiger partial charge on any atom is 0.410 e. The maximum atomic E-state index is 14.5. The number of halogens is 3. The number of fused-ring (bicyclic) bond motifs is 6. The summed E-state index contributed by atoms with van der Waals surface area (Å²) in [6, 6.07) is 24.1. The molecule has 116 heavy (non-hydrogen) atoms. The quantitative estimate of drug-likeness (QED) is 0.0286. The highest BCUT2D eigenvalue weighted by atomic mass is 35.5. The number of carbonyl (C=O) groups is 12. The summed E-state index contributed by atoms with van der Waals surface area (Å²) >= 11 is 5.23. The molecular formula is C84H107ClF2N12O17. The highest BCUT2D eigenvalue weighted by molar-refractivity contribution is 6.13. The lowest BCUT2D eigenvalue weighted by Crippen LogP contribution is -2.58. The summed E-state index contributed by atoms with van der Waals surface area (Å²) in [7, 11) is 0. The lowest BCUT2D eigenvalue weighted by atomic mass is 10.0. The SMILES string of the molecule is CC(C)(C)OC(=O)N[C@H]1CCCCC/C=C\[C@@H]2C[C@@]2(C(=O)NCCC(=O)NCc2ccccc2)NC(=O)[C@@H]2C[C@@H](OC(=O)N3Cc4cccc(F)c4C3)CN2C1=O.CC(C)(C)OC(=O)N[C@H]1CCCCC/C=C\[C@@H]2C[C@@]2(C(=O)O)NC(=O)[C@@H]2C[C@@H](OC(=O)N3Cc4cccc(F)c4C3)CN2C1=O.O=C(CCNCl)NCc1ccccc1. The third-order valence-corrected chi connectivity index (χ3v) is 21.5. The van der Waals surface area contributed by atoms with E-state index in [9.17, 15) is 71.4 Å². The Bertz CT molecular complexity index is 4280. The zero-order chi connectivity index (χ0) is 83.5. The van der Waals surface area contributed by atoms with E-state index in [1.807, 2.05) is 85.0 Å². The monoisotopic (exact) mass is 1630 g/mol. The van der Waals surface area contributed by atoms with Gasteiger partial charge in [-0.05, 0) is 139 Å². The van der Waals surface area contributed by atoms with Gasteiger partial charge < -0.3 is 71.1 Å². The van der Waals surface area contributed by atoms with Gasteiger partial charge in [0.2, 0.25) is 41.4 Å². The third-order valence-electron chi connectivity index (χ3n) is 21.3. The molecular weight excluding hydrogens is 1520 g/mol. The van der Waals surface area contributed by atoms with Gasteiger partial charge in [0.25, 0.3) is 0 Å². The smallest absolute Gasteiger partial charge is 0.410 e. The van der Waals surface area contributed by atoms with E-state index in [2.05, 4.69) is 42.1 Å². The first kappa shape index (κ1) is 87.7. The molecule has 2 aliphatic carbocycles. The van der Waals surface area contributed by atoms with Crippen LogP contribution in [0.2, 0.25) is 0 Å². The van der Waals surface area contributed by atoms with Gasteiger partial charge in [-0.15, -0.1) is 0 Å². The van der Waals surface area contributed by atoms with Crippen molar-refractivity contribution < 1.29 is 90.4 Å². The summed E-state index contributed by atoms with van der Waals surface area (Å²) in [5, 5.41) is 29.5. The Labute approximate surface area is 678 Å². The largest absolute Gasteiger partial charge is 0.479 e. The van der Waals surface area contributed by atoms with E-state index >= 15 is 0 Å². The topological polar surface area (TPSA) is 371 Å². The van der Waals surface area contributed by atoms with Crippen molar-refractivity contribution in [3.63, 3.8) is 0 Å². The van der Waals surface area contributed by atoms with Crippen LogP contribution in [-0.2, 0) is 96.6 Å². The number of allylic oxidation sites excluding steroid dienone is 2. The summed E-state index contributed by atoms with van der Waals surface area (Å²) in [6.45, 7) is 11.8. The van der Waals surface area contributed by atoms with Crippen molar-refractivity contribution in [3.8, 4) is 0 Å². The van der Waals surface area contributed by atoms with Crippen molar-refractivity contribution in [1.29, 1.82) is 0 Å². The number of carboxylic acids is 1. The Hall–Kier alpha value is -10.7. The molecule has 0 bridgehead atoms. The molecule has 4 fully saturated rings. The highest BCUT2D eigenvalue weighted by Gasteiger charge is 2.63. The van der Waals surface area contributed by atoms with Crippen molar-refractivity contribution in [2.45, 2.75) is 242 Å². The predicted molar refractivity (Wildman–Crippen MR) is 421 cm³/mol. The average Bonchev–Trinajstić information content (AvgIpc) is 1.58. The lowest BCUT2D eigenvalue weighted by Gasteiger charge is -2.30. The molecule has 6 aliphatic heterocycles. The van der Waals surface area contributed by atoms with Gasteiger partial charge in [-0.2, -0.15) is 0 Å². The Morgan fingerprint density at radius 2 is 0.957 bits per heavy atom. The molecule has 626 valence electrons. The van der Waals surface area contributed by atoms with Gasteiger partial charge in [0, 0.05) is 87.9 Å². The minimum atomic E-state index is -1.49. The molecule has 4 aromatic carbocycles. The van der Waals surface area contributed by atoms with Gasteiger partial charge in [0.05, 0.1) is 26.2 Å². The fourth-order valence-electron chi connectivity index (χ4n) is 15.0. The van der Waals surface area contributed by atoms with Gasteiger partial charge in [-0.3, -0.25) is 43.4 Å². The van der Waals surface area contributed by atoms with Crippen LogP contribution >= 0.6 is 11.8 Å². The molecule has 2 saturated carbocycles. The molecule has 10 atom stereocenters. The van der Waals surface area contributed by atoms with E-state index in [0.29, 0.717) is 67.6 Å². The molecule has 2 saturated heterocycles. The number of nitrogens with one attached hydrogen (secondary N) is 8. The number of alkyl carbamates (subject to hydrolysis) is 2. The highest BCUT2D eigenvalue weighted by Crippen LogP contribution is 2.47. The Morgan fingerprint density at radius 3 is 1.38 bits per heavy atom. The minimum absolute atomic E-state index is 0.00185. The number of amides is 11. The Balaban J connectivity index is 0.000000213. The van der Waals surface area contributed by atoms with Gasteiger partial charge in [-0.1, -0.05) is 135 Å². The van der Waals surface area contributed by atoms with Crippen LogP contribution < -0.4 is 42.1 Å². The van der Waals surface area contributed by atoms with E-state index in [1.54, 1.807) is 65.8 Å². The number of benzene rings is 4. The van der Waals surface area contributed by atoms with Crippen LogP contribution in [0.1, 0.15) is 178 Å². The third kappa shape index (κ3) is 24.2. The summed E-state index contributed by atoms with van der Waals surface area (Å²) in [4.78, 5) is 166. The summed E-state index contributed by atoms with van der Waals surface area (Å²) in [5.41, 5.74) is -0.250. The molecule has 8 aliphatic rings. The van der Waals surface area contributed by atoms with Crippen LogP contribution in [0.25, 0.3) is 0 Å². The number of carbonyl (C=O) groups excluding carboxylic acids is 11. The zero-order valence-electron chi connectivity index (χ0n) is 66.5. The van der Waals surface area contributed by atoms with Gasteiger partial charge in [0.15, 0.2) is 0 Å². The summed E-state index contributed by atoms with van der Waals surface area (Å²) in [5.74, 6) is -5.80. The number of ether oxygens (including phenoxy) is 4. The zero-order valence-corrected chi connectivity index (χ0v) is 67.2. The van der Waals surface area contributed by atoms with Crippen molar-refractivity contribution in [3.05, 3.63) is 166 Å². The molecule has 0 aromatic heterocycles. The number of hydrogen-bond acceptors (Lipinski definition) is 17. The minimum Gasteiger partial charge on any atom is -0.479 e. The fraction of sp³-hybridized carbons (Fsp3) is 0.524. The molecule has 12 rings (SSSR count). The van der Waals surface area contributed by atoms with E-state index in [1.165, 1.54) is 31.7 Å². The molecule has 32 heteroatoms. The Kier molecular flexibility index (Phi) is 30.1. The van der Waals surface area contributed by atoms with Gasteiger partial charge >= 0.3 is 30.3 Å². The van der Waals surface area contributed by atoms with E-state index in [0.717, 1.165) is 49.7 Å². The normalized spacial score (nSPS) is 25.0. The standard InChI is InChI=1S/C42H53FN6O8.C32H41FN4O8.C10H13ClN2O/c1-41(2,3)57-39(54)46-33-18-11-6-4-5-10-16-29-22-42(29,38(53)44-20-19-35(50)45-23-27-13-8-7-9-14-27)47-36(51)34-21-30(25-49(34)37(33)52)56-40(55)48-24-28-15-12-17-32(43)31(28)26-48;1-31(2,3)45-29(42)34-24-13-8-6-4-5-7-11-20-15-32(20,28(40)41)35-26(38)25-14-21(17-37(25)27(24)39)44-30(43)36-16-19-10-9-12-23(33)22(19)18-36;11-13-7-6-10(14)12-8-9-4-2-1-3-5-9/h7-10,12-17,29-30,33-34H,4-6,11,18-26H2,1-3H3,(H,44,53)(H,45,50)(H,46,54)(H,47,51);7,9-12,20-21,24-25H,4-6,8,13-18H2,1-3H3,(H,34,42)(H,35,38)(H,40,41);1-5,13H,6-8H2,(H,12,14)/b16-10-;11-7-;/t29-,30-,33+,34+,42-;20-,21-,24+,25+,32-;/m11./s1. The first-order valence-electron chi connectivity index (χ1n) is 39.8. The number of rotatable bonds is 16. The number of hydrogen-bond donors (Lipinski definition) is 9. The molecule has 9 N–H and O–H groups in total. The van der Waals surface area contributed by atoms with Crippen molar-refractivity contribution in [2.24, 2.45) is 11.8 Å². The number of aliphatic carboxylic acids is 1. The summed E-state index contributed by atoms with van der Waals surface area (Å²) < 4.78 is 51.2. The first-order chi connectivity index (χ1) is 55.3. The fourth-order valence-corrected chi connectivity index (χ4v) is 15.1. The molecule has 4 aromatic rings. The summed E-state index contributed by atoms with van der Waals surface area (Å²) in [6.07, 6.45) is 10.00. The van der Waals surface area contributed by atoms with E-state index in [-0.39, 0.29) is 108 Å². The van der Waals surface area contributed by atoms with Gasteiger partial charge in [-0.25, -0.2) is 37.6 Å². The second-order valence-corrected chi connectivity index (χ2v) is 32.8. The molecule has 29 nitrogen and oxygen atoms in total. The van der Waals surface area contributed by atoms with Crippen LogP contribution in [0.3, 0.4) is 0 Å². The van der Waals surface area contributed by atoms with Crippen LogP contribution in [0, 0.1) is 23.5 Å². The Morgan fingerprint density at radius 1 is 0.534 bits per heavy atom. The van der Waals surface area contributed by atoms with Crippen LogP contribution in [-0.4, -0.2) is 181 Å². The van der Waals surface area contributed by atoms with Gasteiger partial charge in [0.1, 0.15) is 70.3 Å². The van der Waals surface area contributed by atoms with Crippen LogP contribution in [0.5, 0.6) is 0 Å². The van der Waals surface area contributed by atoms with Crippen molar-refractivity contribution >= 4 is 83.5 Å². The molecule has 0 unspecified atom stereocenters. The first-order valence-corrected chi connectivity index (χ1v) is 40.2. The number of nitrogens with zero attached hydrogens (tertiary/aromatic N) is 4. The molecule has 0 spiro atoms. The maximum absolute atomic E-state index is 14.5. The molecule has 0 radical (unpaired) electrons. The predicted octanol–water partition coefficient (Wildman–Crippen LogP) is 9.42. The van der Waals surface area contributed by atoms with Crippen LogP contribution in [0.15, 0.2) is 121 Å². The van der Waals surface area contributed by atoms with Crippen molar-refractivity contribution in [2.75, 3.05) is 26.2 Å². The molecule has 6 heterocycles. The second kappa shape index (κ2) is 39.8. The van der Waals surface area contributed by atoms with E-state index < -0.39 is 130 Å². The lowest BCUT2D eigenvalue weighted by molar-refractivity contribution is -0.145. The second-order valence-electron chi connectivity index (χ2n) is 32.5. The van der Waals surface area contributed by atoms with E-state index in [4.69, 9.17) is 30.7 Å². The average molecular weight is 1630 g/mol.